The van der Waals surface area contributed by atoms with Crippen LogP contribution in [0, 0.1) is 11.3 Å². The van der Waals surface area contributed by atoms with Crippen LogP contribution in [0.4, 0.5) is 0 Å². The Balaban J connectivity index is 1.40. The number of H-pyrrole nitrogens is 1. The second kappa shape index (κ2) is 11.5. The maximum absolute atomic E-state index is 12.6. The normalized spacial score (nSPS) is 11.3. The number of nitrogens with zero attached hydrogens (tertiary/aromatic N) is 1. The first kappa shape index (κ1) is 24.9. The van der Waals surface area contributed by atoms with Gasteiger partial charge in [-0.2, -0.15) is 5.26 Å². The van der Waals surface area contributed by atoms with Crippen molar-refractivity contribution in [2.45, 2.75) is 13.0 Å². The zero-order chi connectivity index (χ0) is 24.8. The van der Waals surface area contributed by atoms with E-state index in [9.17, 15) is 10.1 Å². The summed E-state index contributed by atoms with van der Waals surface area (Å²) in [6.07, 6.45) is 4.08. The van der Waals surface area contributed by atoms with Crippen molar-refractivity contribution in [3.8, 4) is 11.8 Å². The summed E-state index contributed by atoms with van der Waals surface area (Å²) in [5.74, 6) is 0.0307. The molecule has 4 aromatic rings. The molecule has 5 nitrogen and oxygen atoms in total. The minimum absolute atomic E-state index is 0.0123. The molecule has 0 aliphatic carbocycles. The standard InChI is InChI=1S/C27H20BrCl2N3O2/c28-23-12-18(13-24(30)26(23)35-16-17-5-7-21(29)8-6-17)11-20(14-31)27(34)32-10-9-19-15-33-25-4-2-1-3-22(19)25/h1-8,11-13,15,33H,9-10,16H2,(H,32,34)/b20-11-. The SMILES string of the molecule is N#C/C(=C/c1cc(Cl)c(OCc2ccc(Cl)cc2)c(Br)c1)C(=O)NCCc1c[nH]c2ccccc12. The van der Waals surface area contributed by atoms with Gasteiger partial charge in [0, 0.05) is 28.7 Å². The van der Waals surface area contributed by atoms with Crippen molar-refractivity contribution in [3.05, 3.63) is 104 Å². The number of amides is 1. The Bertz CT molecular complexity index is 1420. The zero-order valence-electron chi connectivity index (χ0n) is 18.4. The third-order valence-corrected chi connectivity index (χ3v) is 6.47. The number of benzene rings is 3. The number of nitrogens with one attached hydrogen (secondary N) is 2. The molecule has 1 aromatic heterocycles. The molecule has 176 valence electrons. The second-order valence-corrected chi connectivity index (χ2v) is 9.46. The zero-order valence-corrected chi connectivity index (χ0v) is 21.5. The van der Waals surface area contributed by atoms with Crippen LogP contribution < -0.4 is 10.1 Å². The van der Waals surface area contributed by atoms with Crippen LogP contribution in [0.25, 0.3) is 17.0 Å². The molecular weight excluding hydrogens is 549 g/mol. The van der Waals surface area contributed by atoms with Gasteiger partial charge >= 0.3 is 0 Å². The number of para-hydroxylation sites is 1. The summed E-state index contributed by atoms with van der Waals surface area (Å²) in [7, 11) is 0. The summed E-state index contributed by atoms with van der Waals surface area (Å²) < 4.78 is 6.47. The van der Waals surface area contributed by atoms with Crippen LogP contribution in [-0.4, -0.2) is 17.4 Å². The number of rotatable bonds is 8. The van der Waals surface area contributed by atoms with Crippen molar-refractivity contribution in [1.82, 2.24) is 10.3 Å². The maximum atomic E-state index is 12.6. The van der Waals surface area contributed by atoms with Crippen molar-refractivity contribution in [3.63, 3.8) is 0 Å². The first-order valence-corrected chi connectivity index (χ1v) is 12.3. The molecule has 0 saturated heterocycles. The maximum Gasteiger partial charge on any atom is 0.261 e. The van der Waals surface area contributed by atoms with Gasteiger partial charge in [-0.05, 0) is 75.4 Å². The summed E-state index contributed by atoms with van der Waals surface area (Å²) in [6, 6.07) is 20.7. The number of nitriles is 1. The summed E-state index contributed by atoms with van der Waals surface area (Å²) >= 11 is 15.8. The van der Waals surface area contributed by atoms with E-state index >= 15 is 0 Å². The van der Waals surface area contributed by atoms with Gasteiger partial charge in [-0.1, -0.05) is 53.5 Å². The Hall–Kier alpha value is -3.24. The summed E-state index contributed by atoms with van der Waals surface area (Å²) in [6.45, 7) is 0.717. The highest BCUT2D eigenvalue weighted by Crippen LogP contribution is 2.35. The van der Waals surface area contributed by atoms with Crippen LogP contribution >= 0.6 is 39.1 Å². The van der Waals surface area contributed by atoms with E-state index in [2.05, 4.69) is 26.2 Å². The van der Waals surface area contributed by atoms with Crippen molar-refractivity contribution in [2.24, 2.45) is 0 Å². The Kier molecular flexibility index (Phi) is 8.14. The smallest absolute Gasteiger partial charge is 0.261 e. The Labute approximate surface area is 221 Å². The molecule has 1 amide bonds. The average Bonchev–Trinajstić information content (AvgIpc) is 3.26. The molecule has 0 radical (unpaired) electrons. The second-order valence-electron chi connectivity index (χ2n) is 7.76. The first-order chi connectivity index (χ1) is 16.9. The quantitative estimate of drug-likeness (QED) is 0.176. The minimum Gasteiger partial charge on any atom is -0.486 e. The molecule has 0 aliphatic heterocycles. The van der Waals surface area contributed by atoms with Crippen LogP contribution in [0.1, 0.15) is 16.7 Å². The number of ether oxygens (including phenoxy) is 1. The Morgan fingerprint density at radius 3 is 2.66 bits per heavy atom. The molecular formula is C27H20BrCl2N3O2. The molecule has 0 fully saturated rings. The predicted molar refractivity (Wildman–Crippen MR) is 144 cm³/mol. The van der Waals surface area contributed by atoms with Gasteiger partial charge in [0.25, 0.3) is 5.91 Å². The summed E-state index contributed by atoms with van der Waals surface area (Å²) in [5, 5.41) is 14.5. The number of fused-ring (bicyclic) bond motifs is 1. The van der Waals surface area contributed by atoms with E-state index in [-0.39, 0.29) is 5.57 Å². The highest BCUT2D eigenvalue weighted by atomic mass is 79.9. The van der Waals surface area contributed by atoms with Crippen molar-refractivity contribution in [2.75, 3.05) is 6.54 Å². The predicted octanol–water partition coefficient (Wildman–Crippen LogP) is 7.08. The number of aromatic amines is 1. The third kappa shape index (κ3) is 6.26. The number of hydrogen-bond donors (Lipinski definition) is 2. The molecule has 2 N–H and O–H groups in total. The lowest BCUT2D eigenvalue weighted by Gasteiger charge is -2.11. The molecule has 1 heterocycles. The molecule has 8 heteroatoms. The van der Waals surface area contributed by atoms with Gasteiger partial charge in [-0.15, -0.1) is 0 Å². The Morgan fingerprint density at radius 2 is 1.91 bits per heavy atom. The highest BCUT2D eigenvalue weighted by molar-refractivity contribution is 9.10. The van der Waals surface area contributed by atoms with E-state index in [0.29, 0.717) is 45.4 Å². The largest absolute Gasteiger partial charge is 0.486 e. The van der Waals surface area contributed by atoms with Crippen molar-refractivity contribution in [1.29, 1.82) is 5.26 Å². The van der Waals surface area contributed by atoms with Crippen LogP contribution in [0.5, 0.6) is 5.75 Å². The van der Waals surface area contributed by atoms with Gasteiger partial charge in [-0.3, -0.25) is 4.79 Å². The van der Waals surface area contributed by atoms with Crippen molar-refractivity contribution >= 4 is 62.0 Å². The van der Waals surface area contributed by atoms with Gasteiger partial charge in [0.2, 0.25) is 0 Å². The van der Waals surface area contributed by atoms with Gasteiger partial charge in [0.05, 0.1) is 9.50 Å². The molecule has 0 spiro atoms. The molecule has 4 rings (SSSR count). The average molecular weight is 569 g/mol. The van der Waals surface area contributed by atoms with E-state index < -0.39 is 5.91 Å². The van der Waals surface area contributed by atoms with E-state index in [0.717, 1.165) is 22.0 Å². The van der Waals surface area contributed by atoms with Crippen molar-refractivity contribution < 1.29 is 9.53 Å². The molecule has 0 bridgehead atoms. The van der Waals surface area contributed by atoms with Gasteiger partial charge in [0.15, 0.2) is 5.75 Å². The number of carbonyl (C=O) groups is 1. The number of halogens is 3. The van der Waals surface area contributed by atoms with Crippen LogP contribution in [0.15, 0.2) is 76.9 Å². The molecule has 3 aromatic carbocycles. The highest BCUT2D eigenvalue weighted by Gasteiger charge is 2.13. The van der Waals surface area contributed by atoms with Crippen LogP contribution in [0.2, 0.25) is 10.0 Å². The fourth-order valence-corrected chi connectivity index (χ4v) is 4.71. The van der Waals surface area contributed by atoms with Crippen LogP contribution in [-0.2, 0) is 17.8 Å². The first-order valence-electron chi connectivity index (χ1n) is 10.8. The van der Waals surface area contributed by atoms with Crippen LogP contribution in [0.3, 0.4) is 0 Å². The van der Waals surface area contributed by atoms with Gasteiger partial charge in [-0.25, -0.2) is 0 Å². The molecule has 0 saturated carbocycles. The molecule has 35 heavy (non-hydrogen) atoms. The van der Waals surface area contributed by atoms with E-state index in [1.54, 1.807) is 24.3 Å². The fraction of sp³-hybridized carbons (Fsp3) is 0.111. The van der Waals surface area contributed by atoms with E-state index in [4.69, 9.17) is 27.9 Å². The molecule has 0 atom stereocenters. The molecule has 0 unspecified atom stereocenters. The Morgan fingerprint density at radius 1 is 1.14 bits per heavy atom. The van der Waals surface area contributed by atoms with E-state index in [1.807, 2.05) is 48.7 Å². The fourth-order valence-electron chi connectivity index (χ4n) is 3.60. The number of aromatic nitrogens is 1. The monoisotopic (exact) mass is 567 g/mol. The number of carbonyl (C=O) groups excluding carboxylic acids is 1. The lowest BCUT2D eigenvalue weighted by Crippen LogP contribution is -2.26. The summed E-state index contributed by atoms with van der Waals surface area (Å²) in [4.78, 5) is 15.8. The number of hydrogen-bond acceptors (Lipinski definition) is 3. The van der Waals surface area contributed by atoms with Gasteiger partial charge < -0.3 is 15.0 Å². The van der Waals surface area contributed by atoms with E-state index in [1.165, 1.54) is 6.08 Å². The third-order valence-electron chi connectivity index (χ3n) is 5.35. The minimum atomic E-state index is -0.442. The lowest BCUT2D eigenvalue weighted by molar-refractivity contribution is -0.117. The summed E-state index contributed by atoms with van der Waals surface area (Å²) in [5.41, 5.74) is 3.69. The molecule has 0 aliphatic rings. The lowest BCUT2D eigenvalue weighted by atomic mass is 10.1. The topological polar surface area (TPSA) is 77.9 Å². The van der Waals surface area contributed by atoms with Gasteiger partial charge in [0.1, 0.15) is 18.2 Å².